The second-order valence-corrected chi connectivity index (χ2v) is 7.83. The summed E-state index contributed by atoms with van der Waals surface area (Å²) in [5, 5.41) is 7.72. The van der Waals surface area contributed by atoms with Crippen LogP contribution in [0.25, 0.3) is 10.9 Å². The molecule has 4 rings (SSSR count). The number of piperidine rings is 1. The first kappa shape index (κ1) is 19.0. The van der Waals surface area contributed by atoms with E-state index >= 15 is 0 Å². The van der Waals surface area contributed by atoms with E-state index in [2.05, 4.69) is 33.2 Å². The number of aromatic nitrogens is 2. The summed E-state index contributed by atoms with van der Waals surface area (Å²) < 4.78 is 6.02. The summed E-state index contributed by atoms with van der Waals surface area (Å²) in [4.78, 5) is 10.2. The van der Waals surface area contributed by atoms with Crippen molar-refractivity contribution in [2.45, 2.75) is 31.1 Å². The highest BCUT2D eigenvalue weighted by Crippen LogP contribution is 2.25. The Balaban J connectivity index is 1.46. The molecule has 0 unspecified atom stereocenters. The molecule has 3 aromatic rings. The van der Waals surface area contributed by atoms with Crippen LogP contribution in [0.3, 0.4) is 0 Å². The van der Waals surface area contributed by atoms with E-state index < -0.39 is 0 Å². The molecular formula is C22H26N4OS. The Morgan fingerprint density at radius 1 is 1.11 bits per heavy atom. The number of fused-ring (bicyclic) bond motifs is 1. The Kier molecular flexibility index (Phi) is 5.98. The van der Waals surface area contributed by atoms with Crippen LogP contribution >= 0.6 is 12.6 Å². The molecule has 0 spiro atoms. The van der Waals surface area contributed by atoms with Gasteiger partial charge in [-0.05, 0) is 81.6 Å². The van der Waals surface area contributed by atoms with Crippen LogP contribution in [0.15, 0.2) is 47.4 Å². The van der Waals surface area contributed by atoms with E-state index in [9.17, 15) is 0 Å². The highest BCUT2D eigenvalue weighted by atomic mass is 32.1. The predicted octanol–water partition coefficient (Wildman–Crippen LogP) is 4.74. The Labute approximate surface area is 171 Å². The van der Waals surface area contributed by atoms with Crippen molar-refractivity contribution >= 4 is 35.2 Å². The van der Waals surface area contributed by atoms with E-state index in [0.717, 1.165) is 65.0 Å². The van der Waals surface area contributed by atoms with Crippen LogP contribution in [0.4, 0.5) is 11.6 Å². The van der Waals surface area contributed by atoms with Gasteiger partial charge in [-0.3, -0.25) is 0 Å². The number of nitrogens with one attached hydrogen (secondary N) is 2. The lowest BCUT2D eigenvalue weighted by Crippen LogP contribution is -2.28. The van der Waals surface area contributed by atoms with E-state index in [-0.39, 0.29) is 0 Å². The van der Waals surface area contributed by atoms with Gasteiger partial charge < -0.3 is 15.4 Å². The Hall–Kier alpha value is -2.31. The van der Waals surface area contributed by atoms with Gasteiger partial charge in [0.05, 0.1) is 17.8 Å². The van der Waals surface area contributed by atoms with Crippen LogP contribution in [0.5, 0.6) is 5.75 Å². The number of anilines is 2. The minimum atomic E-state index is 0.587. The second kappa shape index (κ2) is 8.80. The van der Waals surface area contributed by atoms with Gasteiger partial charge in [0.15, 0.2) is 0 Å². The zero-order valence-corrected chi connectivity index (χ0v) is 17.0. The van der Waals surface area contributed by atoms with E-state index in [4.69, 9.17) is 4.74 Å². The molecule has 0 atom stereocenters. The Morgan fingerprint density at radius 2 is 1.89 bits per heavy atom. The molecule has 146 valence electrons. The second-order valence-electron chi connectivity index (χ2n) is 7.31. The number of thiol groups is 1. The number of rotatable bonds is 6. The fraction of sp³-hybridized carbons (Fsp3) is 0.364. The molecule has 0 saturated carbocycles. The largest absolute Gasteiger partial charge is 0.494 e. The molecule has 1 aliphatic rings. The van der Waals surface area contributed by atoms with Gasteiger partial charge in [-0.25, -0.2) is 9.97 Å². The number of nitrogens with zero attached hydrogens (tertiary/aromatic N) is 2. The molecule has 2 N–H and O–H groups in total. The van der Waals surface area contributed by atoms with E-state index in [1.807, 2.05) is 49.4 Å². The van der Waals surface area contributed by atoms with Crippen LogP contribution in [0.1, 0.15) is 25.0 Å². The molecule has 5 nitrogen and oxygen atoms in total. The SMILES string of the molecule is Cc1nc(Nc2ccc(S)cc2)nc2cc(OCCC3CCNCC3)ccc12. The monoisotopic (exact) mass is 394 g/mol. The van der Waals surface area contributed by atoms with Crippen molar-refractivity contribution in [2.75, 3.05) is 25.0 Å². The number of aryl methyl sites for hydroxylation is 1. The third-order valence-corrected chi connectivity index (χ3v) is 5.53. The van der Waals surface area contributed by atoms with Crippen LogP contribution in [0.2, 0.25) is 0 Å². The minimum absolute atomic E-state index is 0.587. The summed E-state index contributed by atoms with van der Waals surface area (Å²) in [5.41, 5.74) is 2.77. The summed E-state index contributed by atoms with van der Waals surface area (Å²) in [5.74, 6) is 2.22. The number of hydrogen-bond acceptors (Lipinski definition) is 6. The molecule has 0 bridgehead atoms. The minimum Gasteiger partial charge on any atom is -0.494 e. The molecule has 28 heavy (non-hydrogen) atoms. The summed E-state index contributed by atoms with van der Waals surface area (Å²) in [6.07, 6.45) is 3.60. The van der Waals surface area contributed by atoms with Crippen LogP contribution in [0, 0.1) is 12.8 Å². The van der Waals surface area contributed by atoms with Gasteiger partial charge in [-0.1, -0.05) is 0 Å². The summed E-state index contributed by atoms with van der Waals surface area (Å²) >= 11 is 4.32. The zero-order chi connectivity index (χ0) is 19.3. The van der Waals surface area contributed by atoms with Crippen molar-refractivity contribution in [1.82, 2.24) is 15.3 Å². The maximum absolute atomic E-state index is 6.02. The lowest BCUT2D eigenvalue weighted by Gasteiger charge is -2.22. The van der Waals surface area contributed by atoms with Crippen molar-refractivity contribution in [3.63, 3.8) is 0 Å². The fourth-order valence-corrected chi connectivity index (χ4v) is 3.75. The smallest absolute Gasteiger partial charge is 0.228 e. The van der Waals surface area contributed by atoms with Crippen molar-refractivity contribution in [3.8, 4) is 5.75 Å². The molecule has 0 radical (unpaired) electrons. The van der Waals surface area contributed by atoms with Gasteiger partial charge in [0.25, 0.3) is 0 Å². The van der Waals surface area contributed by atoms with Gasteiger partial charge in [0.1, 0.15) is 5.75 Å². The molecule has 1 saturated heterocycles. The first-order chi connectivity index (χ1) is 13.7. The Morgan fingerprint density at radius 3 is 2.68 bits per heavy atom. The van der Waals surface area contributed by atoms with Gasteiger partial charge in [0.2, 0.25) is 5.95 Å². The third-order valence-electron chi connectivity index (χ3n) is 5.24. The van der Waals surface area contributed by atoms with E-state index in [0.29, 0.717) is 5.95 Å². The van der Waals surface area contributed by atoms with Crippen LogP contribution in [-0.2, 0) is 0 Å². The van der Waals surface area contributed by atoms with Gasteiger partial charge in [-0.15, -0.1) is 12.6 Å². The van der Waals surface area contributed by atoms with E-state index in [1.54, 1.807) is 0 Å². The normalized spacial score (nSPS) is 14.9. The zero-order valence-electron chi connectivity index (χ0n) is 16.1. The quantitative estimate of drug-likeness (QED) is 0.527. The van der Waals surface area contributed by atoms with Gasteiger partial charge >= 0.3 is 0 Å². The first-order valence-electron chi connectivity index (χ1n) is 9.85. The molecule has 0 aliphatic carbocycles. The number of hydrogen-bond donors (Lipinski definition) is 3. The Bertz CT molecular complexity index is 939. The maximum atomic E-state index is 6.02. The average Bonchev–Trinajstić information content (AvgIpc) is 2.70. The van der Waals surface area contributed by atoms with Crippen molar-refractivity contribution < 1.29 is 4.74 Å². The molecular weight excluding hydrogens is 368 g/mol. The molecule has 2 heterocycles. The summed E-state index contributed by atoms with van der Waals surface area (Å²) in [6.45, 7) is 5.01. The molecule has 2 aromatic carbocycles. The maximum Gasteiger partial charge on any atom is 0.228 e. The summed E-state index contributed by atoms with van der Waals surface area (Å²) in [7, 11) is 0. The van der Waals surface area contributed by atoms with Crippen molar-refractivity contribution in [2.24, 2.45) is 5.92 Å². The fourth-order valence-electron chi connectivity index (χ4n) is 3.60. The highest BCUT2D eigenvalue weighted by Gasteiger charge is 2.13. The lowest BCUT2D eigenvalue weighted by molar-refractivity contribution is 0.252. The topological polar surface area (TPSA) is 59.1 Å². The molecule has 1 aliphatic heterocycles. The van der Waals surface area contributed by atoms with Gasteiger partial charge in [0, 0.05) is 22.0 Å². The van der Waals surface area contributed by atoms with Crippen LogP contribution in [-0.4, -0.2) is 29.7 Å². The molecule has 1 aromatic heterocycles. The summed E-state index contributed by atoms with van der Waals surface area (Å²) in [6, 6.07) is 13.9. The van der Waals surface area contributed by atoms with E-state index in [1.165, 1.54) is 12.8 Å². The molecule has 0 amide bonds. The van der Waals surface area contributed by atoms with Crippen molar-refractivity contribution in [3.05, 3.63) is 48.2 Å². The molecule has 6 heteroatoms. The first-order valence-corrected chi connectivity index (χ1v) is 10.3. The standard InChI is InChI=1S/C22H26N4OS/c1-15-20-7-4-18(27-13-10-16-8-11-23-12-9-16)14-21(20)26-22(24-15)25-17-2-5-19(28)6-3-17/h2-7,14,16,23,28H,8-13H2,1H3,(H,24,25,26). The van der Waals surface area contributed by atoms with Crippen molar-refractivity contribution in [1.29, 1.82) is 0 Å². The number of benzene rings is 2. The predicted molar refractivity (Wildman–Crippen MR) is 117 cm³/mol. The van der Waals surface area contributed by atoms with Gasteiger partial charge in [-0.2, -0.15) is 0 Å². The average molecular weight is 395 g/mol. The lowest BCUT2D eigenvalue weighted by atomic mass is 9.95. The molecule has 1 fully saturated rings. The number of ether oxygens (including phenoxy) is 1. The highest BCUT2D eigenvalue weighted by molar-refractivity contribution is 7.80. The third kappa shape index (κ3) is 4.75. The van der Waals surface area contributed by atoms with Crippen LogP contribution < -0.4 is 15.4 Å².